The molecule has 170 valence electrons. The van der Waals surface area contributed by atoms with Gasteiger partial charge in [0.05, 0.1) is 30.6 Å². The van der Waals surface area contributed by atoms with Crippen molar-refractivity contribution in [3.8, 4) is 5.75 Å². The van der Waals surface area contributed by atoms with Crippen molar-refractivity contribution in [1.82, 2.24) is 20.0 Å². The van der Waals surface area contributed by atoms with Crippen LogP contribution in [-0.2, 0) is 6.42 Å². The Kier molecular flexibility index (Phi) is 5.65. The molecule has 0 saturated carbocycles. The molecule has 5 aromatic rings. The van der Waals surface area contributed by atoms with Crippen LogP contribution in [0.15, 0.2) is 76.4 Å². The number of hydrogen-bond donors (Lipinski definition) is 2. The van der Waals surface area contributed by atoms with Crippen LogP contribution < -0.4 is 15.8 Å². The van der Waals surface area contributed by atoms with Gasteiger partial charge in [-0.2, -0.15) is 9.78 Å². The van der Waals surface area contributed by atoms with Crippen LogP contribution in [0, 0.1) is 0 Å². The maximum Gasteiger partial charge on any atom is 0.257 e. The van der Waals surface area contributed by atoms with Gasteiger partial charge >= 0.3 is 0 Å². The summed E-state index contributed by atoms with van der Waals surface area (Å²) in [5, 5.41) is 7.35. The number of ether oxygens (including phenoxy) is 1. The summed E-state index contributed by atoms with van der Waals surface area (Å²) in [6.45, 7) is 0.425. The predicted octanol–water partition coefficient (Wildman–Crippen LogP) is 3.62. The highest BCUT2D eigenvalue weighted by Gasteiger charge is 2.24. The third kappa shape index (κ3) is 4.06. The lowest BCUT2D eigenvalue weighted by Crippen LogP contribution is -2.26. The van der Waals surface area contributed by atoms with Gasteiger partial charge in [-0.1, -0.05) is 24.3 Å². The molecule has 0 radical (unpaired) electrons. The molecule has 0 spiro atoms. The zero-order valence-electron chi connectivity index (χ0n) is 18.4. The number of aromatic nitrogens is 3. The summed E-state index contributed by atoms with van der Waals surface area (Å²) in [5.74, 6) is 1.14. The summed E-state index contributed by atoms with van der Waals surface area (Å²) < 4.78 is 11.9. The van der Waals surface area contributed by atoms with Crippen LogP contribution in [0.5, 0.6) is 5.75 Å². The summed E-state index contributed by atoms with van der Waals surface area (Å²) in [7, 11) is 1.63. The molecule has 3 N–H and O–H groups in total. The number of amides is 1. The summed E-state index contributed by atoms with van der Waals surface area (Å²) in [5.41, 5.74) is 9.82. The van der Waals surface area contributed by atoms with Gasteiger partial charge in [-0.05, 0) is 48.4 Å². The lowest BCUT2D eigenvalue weighted by molar-refractivity contribution is 0.0956. The van der Waals surface area contributed by atoms with Crippen LogP contribution in [0.3, 0.4) is 0 Å². The van der Waals surface area contributed by atoms with Crippen LogP contribution >= 0.6 is 0 Å². The first kappa shape index (κ1) is 21.2. The topological polar surface area (TPSA) is 121 Å². The molecule has 0 fully saturated rings. The van der Waals surface area contributed by atoms with Crippen LogP contribution in [0.25, 0.3) is 22.2 Å². The number of anilines is 1. The van der Waals surface area contributed by atoms with E-state index >= 15 is 0 Å². The standard InChI is InChI=1S/C25H22N6O3/c1-33-17-10-8-16(9-11-17)12-13-27-25(32)21-22-24(30-20-7-3-2-6-19(20)29-22)31(23(21)26)28-15-18-5-4-14-34-18/h2-11,14-15H,12-13,26H2,1H3,(H,27,32)/b28-15-. The Hall–Kier alpha value is -4.66. The smallest absolute Gasteiger partial charge is 0.257 e. The van der Waals surface area contributed by atoms with Gasteiger partial charge in [0.25, 0.3) is 5.91 Å². The molecule has 0 atom stereocenters. The molecule has 0 bridgehead atoms. The molecular formula is C25H22N6O3. The van der Waals surface area contributed by atoms with Crippen molar-refractivity contribution in [2.45, 2.75) is 6.42 Å². The predicted molar refractivity (Wildman–Crippen MR) is 130 cm³/mol. The van der Waals surface area contributed by atoms with Crippen molar-refractivity contribution in [1.29, 1.82) is 0 Å². The van der Waals surface area contributed by atoms with Gasteiger partial charge in [0.15, 0.2) is 5.65 Å². The third-order valence-electron chi connectivity index (χ3n) is 5.40. The minimum Gasteiger partial charge on any atom is -0.497 e. The van der Waals surface area contributed by atoms with Crippen molar-refractivity contribution in [2.75, 3.05) is 19.4 Å². The van der Waals surface area contributed by atoms with E-state index in [1.165, 1.54) is 10.9 Å². The highest BCUT2D eigenvalue weighted by molar-refractivity contribution is 6.10. The van der Waals surface area contributed by atoms with Crippen LogP contribution in [0.2, 0.25) is 0 Å². The number of para-hydroxylation sites is 2. The Morgan fingerprint density at radius 2 is 1.88 bits per heavy atom. The normalized spacial score (nSPS) is 11.4. The second kappa shape index (κ2) is 9.07. The Morgan fingerprint density at radius 3 is 2.59 bits per heavy atom. The van der Waals surface area contributed by atoms with E-state index in [1.807, 2.05) is 48.5 Å². The molecule has 2 aromatic carbocycles. The summed E-state index contributed by atoms with van der Waals surface area (Å²) in [4.78, 5) is 22.5. The zero-order chi connectivity index (χ0) is 23.5. The Bertz CT molecular complexity index is 1490. The summed E-state index contributed by atoms with van der Waals surface area (Å²) in [6.07, 6.45) is 3.71. The SMILES string of the molecule is COc1ccc(CCNC(=O)c2c(N)n(/N=C\c3ccco3)c3nc4ccccc4nc23)cc1. The van der Waals surface area contributed by atoms with Crippen molar-refractivity contribution in [3.05, 3.63) is 83.8 Å². The lowest BCUT2D eigenvalue weighted by atomic mass is 10.1. The average Bonchev–Trinajstić information content (AvgIpc) is 3.47. The van der Waals surface area contributed by atoms with Gasteiger partial charge in [0, 0.05) is 6.54 Å². The molecule has 3 aromatic heterocycles. The number of hydrogen-bond acceptors (Lipinski definition) is 7. The first-order chi connectivity index (χ1) is 16.6. The van der Waals surface area contributed by atoms with E-state index in [1.54, 1.807) is 25.5 Å². The number of nitrogens with two attached hydrogens (primary N) is 1. The van der Waals surface area contributed by atoms with Crippen LogP contribution in [0.4, 0.5) is 5.82 Å². The molecule has 0 unspecified atom stereocenters. The second-order valence-electron chi connectivity index (χ2n) is 7.57. The maximum absolute atomic E-state index is 13.2. The molecule has 0 aliphatic heterocycles. The number of nitrogens with zero attached hydrogens (tertiary/aromatic N) is 4. The quantitative estimate of drug-likeness (QED) is 0.362. The number of nitrogens with one attached hydrogen (secondary N) is 1. The van der Waals surface area contributed by atoms with E-state index in [4.69, 9.17) is 14.9 Å². The fourth-order valence-electron chi connectivity index (χ4n) is 3.67. The molecular weight excluding hydrogens is 432 g/mol. The van der Waals surface area contributed by atoms with E-state index in [9.17, 15) is 4.79 Å². The number of nitrogen functional groups attached to an aromatic ring is 1. The molecule has 0 aliphatic rings. The average molecular weight is 454 g/mol. The molecule has 1 amide bonds. The third-order valence-corrected chi connectivity index (χ3v) is 5.40. The molecule has 0 saturated heterocycles. The van der Waals surface area contributed by atoms with Gasteiger partial charge in [-0.3, -0.25) is 4.79 Å². The van der Waals surface area contributed by atoms with Gasteiger partial charge in [0.2, 0.25) is 0 Å². The summed E-state index contributed by atoms with van der Waals surface area (Å²) >= 11 is 0. The Labute approximate surface area is 194 Å². The fraction of sp³-hybridized carbons (Fsp3) is 0.120. The van der Waals surface area contributed by atoms with E-state index in [0.29, 0.717) is 40.9 Å². The van der Waals surface area contributed by atoms with Crippen LogP contribution in [-0.4, -0.2) is 40.4 Å². The zero-order valence-corrected chi connectivity index (χ0v) is 18.4. The summed E-state index contributed by atoms with van der Waals surface area (Å²) in [6, 6.07) is 18.7. The maximum atomic E-state index is 13.2. The van der Waals surface area contributed by atoms with Crippen molar-refractivity contribution >= 4 is 40.1 Å². The first-order valence-corrected chi connectivity index (χ1v) is 10.7. The molecule has 5 rings (SSSR count). The van der Waals surface area contributed by atoms with Crippen molar-refractivity contribution in [2.24, 2.45) is 5.10 Å². The molecule has 9 heteroatoms. The number of furan rings is 1. The monoisotopic (exact) mass is 454 g/mol. The Balaban J connectivity index is 1.47. The largest absolute Gasteiger partial charge is 0.497 e. The molecule has 3 heterocycles. The first-order valence-electron chi connectivity index (χ1n) is 10.7. The number of carbonyl (C=O) groups excluding carboxylic acids is 1. The van der Waals surface area contributed by atoms with Gasteiger partial charge in [-0.15, -0.1) is 0 Å². The minimum absolute atomic E-state index is 0.148. The van der Waals surface area contributed by atoms with E-state index in [0.717, 1.165) is 11.3 Å². The Morgan fingerprint density at radius 1 is 1.12 bits per heavy atom. The van der Waals surface area contributed by atoms with Crippen molar-refractivity contribution in [3.63, 3.8) is 0 Å². The lowest BCUT2D eigenvalue weighted by Gasteiger charge is -2.06. The van der Waals surface area contributed by atoms with E-state index in [2.05, 4.69) is 20.4 Å². The number of rotatable bonds is 7. The highest BCUT2D eigenvalue weighted by Crippen LogP contribution is 2.27. The fourth-order valence-corrected chi connectivity index (χ4v) is 3.67. The van der Waals surface area contributed by atoms with Gasteiger partial charge < -0.3 is 20.2 Å². The van der Waals surface area contributed by atoms with Gasteiger partial charge in [-0.25, -0.2) is 9.97 Å². The van der Waals surface area contributed by atoms with Gasteiger partial charge in [0.1, 0.15) is 28.4 Å². The second-order valence-corrected chi connectivity index (χ2v) is 7.57. The minimum atomic E-state index is -0.340. The molecule has 0 aliphatic carbocycles. The number of carbonyl (C=O) groups is 1. The molecule has 34 heavy (non-hydrogen) atoms. The van der Waals surface area contributed by atoms with E-state index in [-0.39, 0.29) is 17.3 Å². The number of benzene rings is 2. The van der Waals surface area contributed by atoms with E-state index < -0.39 is 0 Å². The van der Waals surface area contributed by atoms with Crippen LogP contribution in [0.1, 0.15) is 21.7 Å². The van der Waals surface area contributed by atoms with Crippen molar-refractivity contribution < 1.29 is 13.9 Å². The number of methoxy groups -OCH3 is 1. The molecule has 9 nitrogen and oxygen atoms in total. The highest BCUT2D eigenvalue weighted by atomic mass is 16.5. The number of fused-ring (bicyclic) bond motifs is 2.